The summed E-state index contributed by atoms with van der Waals surface area (Å²) in [7, 11) is 4.27. The number of aromatic nitrogens is 2. The number of hydrogen-bond acceptors (Lipinski definition) is 5. The van der Waals surface area contributed by atoms with Crippen LogP contribution in [0, 0.1) is 19.8 Å². The van der Waals surface area contributed by atoms with Crippen molar-refractivity contribution in [1.29, 1.82) is 0 Å². The molecule has 0 amide bonds. The first kappa shape index (κ1) is 13.1. The van der Waals surface area contributed by atoms with Crippen molar-refractivity contribution in [3.05, 3.63) is 11.4 Å². The van der Waals surface area contributed by atoms with Crippen LogP contribution >= 0.6 is 0 Å². The second-order valence-corrected chi connectivity index (χ2v) is 5.52. The molecule has 5 nitrogen and oxygen atoms in total. The van der Waals surface area contributed by atoms with Crippen LogP contribution in [0.15, 0.2) is 0 Å². The Balaban J connectivity index is 2.29. The molecule has 100 valence electrons. The molecule has 1 aromatic heterocycles. The molecule has 1 fully saturated rings. The Morgan fingerprint density at radius 2 is 1.89 bits per heavy atom. The molecular formula is C13H23N5. The van der Waals surface area contributed by atoms with Gasteiger partial charge in [0.15, 0.2) is 0 Å². The predicted molar refractivity (Wildman–Crippen MR) is 74.8 cm³/mol. The van der Waals surface area contributed by atoms with Gasteiger partial charge in [-0.15, -0.1) is 0 Å². The molecule has 0 radical (unpaired) electrons. The number of hydrogen-bond donors (Lipinski definition) is 1. The molecule has 0 aromatic carbocycles. The number of nitrogen functional groups attached to an aromatic ring is 1. The van der Waals surface area contributed by atoms with E-state index in [-0.39, 0.29) is 0 Å². The molecule has 0 aliphatic carbocycles. The summed E-state index contributed by atoms with van der Waals surface area (Å²) in [5, 5.41) is 0. The van der Waals surface area contributed by atoms with Crippen LogP contribution in [-0.4, -0.2) is 48.1 Å². The maximum atomic E-state index is 5.93. The molecule has 1 aromatic rings. The highest BCUT2D eigenvalue weighted by molar-refractivity contribution is 5.57. The fourth-order valence-electron chi connectivity index (χ4n) is 2.74. The van der Waals surface area contributed by atoms with E-state index in [1.54, 1.807) is 0 Å². The number of aryl methyl sites for hydroxylation is 1. The number of nitrogens with two attached hydrogens (primary N) is 1. The summed E-state index contributed by atoms with van der Waals surface area (Å²) in [5.74, 6) is 2.97. The fourth-order valence-corrected chi connectivity index (χ4v) is 2.74. The lowest BCUT2D eigenvalue weighted by Gasteiger charge is -2.23. The molecule has 18 heavy (non-hydrogen) atoms. The van der Waals surface area contributed by atoms with Gasteiger partial charge in [-0.1, -0.05) is 6.92 Å². The summed E-state index contributed by atoms with van der Waals surface area (Å²) in [6.07, 6.45) is 0. The van der Waals surface area contributed by atoms with Gasteiger partial charge < -0.3 is 15.5 Å². The van der Waals surface area contributed by atoms with Crippen LogP contribution in [0.3, 0.4) is 0 Å². The van der Waals surface area contributed by atoms with E-state index in [9.17, 15) is 0 Å². The van der Waals surface area contributed by atoms with Gasteiger partial charge in [-0.05, 0) is 33.9 Å². The van der Waals surface area contributed by atoms with Crippen molar-refractivity contribution < 1.29 is 0 Å². The van der Waals surface area contributed by atoms with E-state index in [0.717, 1.165) is 30.3 Å². The van der Waals surface area contributed by atoms with Gasteiger partial charge in [-0.25, -0.2) is 9.97 Å². The fraction of sp³-hybridized carbons (Fsp3) is 0.692. The Morgan fingerprint density at radius 1 is 1.22 bits per heavy atom. The predicted octanol–water partition coefficient (Wildman–Crippen LogP) is 1.06. The molecule has 0 bridgehead atoms. The highest BCUT2D eigenvalue weighted by atomic mass is 15.3. The summed E-state index contributed by atoms with van der Waals surface area (Å²) >= 11 is 0. The molecule has 2 unspecified atom stereocenters. The molecule has 0 spiro atoms. The van der Waals surface area contributed by atoms with E-state index < -0.39 is 0 Å². The molecule has 2 N–H and O–H groups in total. The van der Waals surface area contributed by atoms with Crippen molar-refractivity contribution in [3.8, 4) is 0 Å². The van der Waals surface area contributed by atoms with Gasteiger partial charge in [0, 0.05) is 24.7 Å². The lowest BCUT2D eigenvalue weighted by molar-refractivity contribution is 0.266. The Hall–Kier alpha value is -1.36. The maximum Gasteiger partial charge on any atom is 0.137 e. The standard InChI is InChI=1S/C13H23N5/c1-8-6-18(7-11(8)17(4)5)13-9(2)12(14)15-10(3)16-13/h8,11H,6-7H2,1-5H3,(H2,14,15,16). The Labute approximate surface area is 109 Å². The number of nitrogens with zero attached hydrogens (tertiary/aromatic N) is 4. The molecule has 2 heterocycles. The van der Waals surface area contributed by atoms with Gasteiger partial charge in [0.1, 0.15) is 17.5 Å². The molecule has 2 atom stereocenters. The second kappa shape index (κ2) is 4.72. The lowest BCUT2D eigenvalue weighted by Crippen LogP contribution is -2.34. The van der Waals surface area contributed by atoms with Crippen LogP contribution in [0.25, 0.3) is 0 Å². The largest absolute Gasteiger partial charge is 0.383 e. The summed E-state index contributed by atoms with van der Waals surface area (Å²) in [5.41, 5.74) is 6.92. The quantitative estimate of drug-likeness (QED) is 0.849. The van der Waals surface area contributed by atoms with Crippen LogP contribution in [0.4, 0.5) is 11.6 Å². The highest BCUT2D eigenvalue weighted by Gasteiger charge is 2.32. The van der Waals surface area contributed by atoms with Crippen molar-refractivity contribution >= 4 is 11.6 Å². The maximum absolute atomic E-state index is 5.93. The van der Waals surface area contributed by atoms with E-state index in [2.05, 4.69) is 40.8 Å². The van der Waals surface area contributed by atoms with Gasteiger partial charge in [-0.3, -0.25) is 0 Å². The Kier molecular flexibility index (Phi) is 3.43. The van der Waals surface area contributed by atoms with E-state index in [1.165, 1.54) is 0 Å². The zero-order chi connectivity index (χ0) is 13.4. The Bertz CT molecular complexity index is 443. The lowest BCUT2D eigenvalue weighted by atomic mass is 10.1. The van der Waals surface area contributed by atoms with Gasteiger partial charge in [0.05, 0.1) is 0 Å². The number of likely N-dealkylation sites (N-methyl/N-ethyl adjacent to an activating group) is 1. The highest BCUT2D eigenvalue weighted by Crippen LogP contribution is 2.28. The van der Waals surface area contributed by atoms with Crippen LogP contribution < -0.4 is 10.6 Å². The third kappa shape index (κ3) is 2.27. The topological polar surface area (TPSA) is 58.3 Å². The summed E-state index contributed by atoms with van der Waals surface area (Å²) in [6, 6.07) is 0.570. The minimum Gasteiger partial charge on any atom is -0.383 e. The third-order valence-electron chi connectivity index (χ3n) is 3.81. The smallest absolute Gasteiger partial charge is 0.137 e. The van der Waals surface area contributed by atoms with Crippen molar-refractivity contribution in [1.82, 2.24) is 14.9 Å². The third-order valence-corrected chi connectivity index (χ3v) is 3.81. The van der Waals surface area contributed by atoms with E-state index in [0.29, 0.717) is 17.8 Å². The zero-order valence-electron chi connectivity index (χ0n) is 11.9. The monoisotopic (exact) mass is 249 g/mol. The second-order valence-electron chi connectivity index (χ2n) is 5.52. The zero-order valence-corrected chi connectivity index (χ0v) is 11.9. The average molecular weight is 249 g/mol. The minimum atomic E-state index is 0.570. The molecule has 1 aliphatic heterocycles. The SMILES string of the molecule is Cc1nc(N)c(C)c(N2CC(C)C(N(C)C)C2)n1. The molecule has 1 aliphatic rings. The van der Waals surface area contributed by atoms with Crippen molar-refractivity contribution in [2.45, 2.75) is 26.8 Å². The van der Waals surface area contributed by atoms with Gasteiger partial charge in [-0.2, -0.15) is 0 Å². The summed E-state index contributed by atoms with van der Waals surface area (Å²) in [4.78, 5) is 13.4. The van der Waals surface area contributed by atoms with E-state index in [1.807, 2.05) is 13.8 Å². The average Bonchev–Trinajstić information content (AvgIpc) is 2.65. The van der Waals surface area contributed by atoms with Crippen molar-refractivity contribution in [2.75, 3.05) is 37.8 Å². The van der Waals surface area contributed by atoms with E-state index >= 15 is 0 Å². The van der Waals surface area contributed by atoms with Crippen molar-refractivity contribution in [2.24, 2.45) is 5.92 Å². The van der Waals surface area contributed by atoms with Gasteiger partial charge in [0.25, 0.3) is 0 Å². The molecule has 0 saturated carbocycles. The molecule has 1 saturated heterocycles. The summed E-state index contributed by atoms with van der Waals surface area (Å²) in [6.45, 7) is 8.21. The van der Waals surface area contributed by atoms with Crippen LogP contribution in [-0.2, 0) is 0 Å². The molecule has 5 heteroatoms. The first-order chi connectivity index (χ1) is 8.40. The van der Waals surface area contributed by atoms with Crippen molar-refractivity contribution in [3.63, 3.8) is 0 Å². The Morgan fingerprint density at radius 3 is 2.44 bits per heavy atom. The van der Waals surface area contributed by atoms with Gasteiger partial charge >= 0.3 is 0 Å². The van der Waals surface area contributed by atoms with E-state index in [4.69, 9.17) is 5.73 Å². The first-order valence-corrected chi connectivity index (χ1v) is 6.42. The van der Waals surface area contributed by atoms with Gasteiger partial charge in [0.2, 0.25) is 0 Å². The minimum absolute atomic E-state index is 0.570. The van der Waals surface area contributed by atoms with Crippen LogP contribution in [0.1, 0.15) is 18.3 Å². The van der Waals surface area contributed by atoms with Crippen LogP contribution in [0.5, 0.6) is 0 Å². The number of anilines is 2. The normalized spacial score (nSPS) is 24.0. The molecule has 2 rings (SSSR count). The summed E-state index contributed by atoms with van der Waals surface area (Å²) < 4.78 is 0. The number of rotatable bonds is 2. The van der Waals surface area contributed by atoms with Crippen LogP contribution in [0.2, 0.25) is 0 Å². The first-order valence-electron chi connectivity index (χ1n) is 6.42. The molecular weight excluding hydrogens is 226 g/mol.